The third kappa shape index (κ3) is 4.16. The molecule has 6 heteroatoms. The zero-order valence-corrected chi connectivity index (χ0v) is 17.1. The normalized spacial score (nSPS) is 14.5. The summed E-state index contributed by atoms with van der Waals surface area (Å²) in [4.78, 5) is 12.7. The van der Waals surface area contributed by atoms with E-state index in [1.165, 1.54) is 28.9 Å². The van der Waals surface area contributed by atoms with Crippen molar-refractivity contribution in [3.05, 3.63) is 64.2 Å². The molecule has 0 saturated carbocycles. The number of rotatable bonds is 5. The smallest absolute Gasteiger partial charge is 0.251 e. The van der Waals surface area contributed by atoms with Crippen LogP contribution < -0.4 is 9.62 Å². The minimum atomic E-state index is -3.39. The van der Waals surface area contributed by atoms with Gasteiger partial charge in [0, 0.05) is 12.6 Å². The number of amides is 1. The lowest BCUT2D eigenvalue weighted by atomic mass is 10.0. The number of fused-ring (bicyclic) bond motifs is 1. The Morgan fingerprint density at radius 2 is 1.81 bits per heavy atom. The molecule has 1 amide bonds. The van der Waals surface area contributed by atoms with E-state index in [1.54, 1.807) is 18.2 Å². The second kappa shape index (κ2) is 7.35. The molecule has 2 aromatic rings. The summed E-state index contributed by atoms with van der Waals surface area (Å²) in [5.41, 5.74) is 5.62. The van der Waals surface area contributed by atoms with Gasteiger partial charge in [0.2, 0.25) is 10.0 Å². The van der Waals surface area contributed by atoms with E-state index in [-0.39, 0.29) is 11.9 Å². The first kappa shape index (κ1) is 19.4. The van der Waals surface area contributed by atoms with E-state index in [1.807, 2.05) is 13.8 Å². The summed E-state index contributed by atoms with van der Waals surface area (Å²) in [7, 11) is -1.90. The molecule has 0 heterocycles. The molecule has 0 bridgehead atoms. The van der Waals surface area contributed by atoms with E-state index >= 15 is 0 Å². The first-order chi connectivity index (χ1) is 12.7. The lowest BCUT2D eigenvalue weighted by Crippen LogP contribution is -2.28. The molecule has 3 rings (SSSR count). The SMILES string of the molecule is Cc1ccc(C(=O)N[C@@H](C)c2ccc3c(c2)CCC3)cc1N(C)S(C)(=O)=O. The van der Waals surface area contributed by atoms with Crippen molar-refractivity contribution in [3.63, 3.8) is 0 Å². The minimum absolute atomic E-state index is 0.124. The highest BCUT2D eigenvalue weighted by atomic mass is 32.2. The number of carbonyl (C=O) groups excluding carboxylic acids is 1. The van der Waals surface area contributed by atoms with Crippen LogP contribution in [0.15, 0.2) is 36.4 Å². The molecule has 27 heavy (non-hydrogen) atoms. The maximum absolute atomic E-state index is 12.7. The Bertz CT molecular complexity index is 983. The lowest BCUT2D eigenvalue weighted by molar-refractivity contribution is 0.0940. The van der Waals surface area contributed by atoms with E-state index in [4.69, 9.17) is 0 Å². The second-order valence-corrected chi connectivity index (χ2v) is 9.32. The molecule has 0 saturated heterocycles. The number of aryl methyl sites for hydroxylation is 3. The molecule has 1 aliphatic carbocycles. The van der Waals surface area contributed by atoms with Crippen LogP contribution in [0.25, 0.3) is 0 Å². The fourth-order valence-corrected chi connectivity index (χ4v) is 4.05. The van der Waals surface area contributed by atoms with Gasteiger partial charge in [0.15, 0.2) is 0 Å². The monoisotopic (exact) mass is 386 g/mol. The lowest BCUT2D eigenvalue weighted by Gasteiger charge is -2.20. The van der Waals surface area contributed by atoms with Crippen molar-refractivity contribution >= 4 is 21.6 Å². The van der Waals surface area contributed by atoms with Gasteiger partial charge in [-0.05, 0) is 67.5 Å². The van der Waals surface area contributed by atoms with Gasteiger partial charge in [-0.1, -0.05) is 24.3 Å². The van der Waals surface area contributed by atoms with Crippen LogP contribution in [0, 0.1) is 6.92 Å². The fraction of sp³-hybridized carbons (Fsp3) is 0.381. The summed E-state index contributed by atoms with van der Waals surface area (Å²) in [5, 5.41) is 3.02. The molecule has 0 fully saturated rings. The predicted octanol–water partition coefficient (Wildman–Crippen LogP) is 3.37. The Hall–Kier alpha value is -2.34. The molecule has 0 unspecified atom stereocenters. The van der Waals surface area contributed by atoms with Crippen molar-refractivity contribution in [2.24, 2.45) is 0 Å². The molecule has 0 radical (unpaired) electrons. The van der Waals surface area contributed by atoms with Crippen LogP contribution in [0.1, 0.15) is 52.0 Å². The van der Waals surface area contributed by atoms with Crippen molar-refractivity contribution in [2.45, 2.75) is 39.2 Å². The average Bonchev–Trinajstić information content (AvgIpc) is 3.08. The molecule has 0 aliphatic heterocycles. The van der Waals surface area contributed by atoms with E-state index in [0.717, 1.165) is 30.2 Å². The molecule has 144 valence electrons. The Kier molecular flexibility index (Phi) is 5.29. The summed E-state index contributed by atoms with van der Waals surface area (Å²) in [6.45, 7) is 3.79. The van der Waals surface area contributed by atoms with Crippen molar-refractivity contribution in [2.75, 3.05) is 17.6 Å². The summed E-state index contributed by atoms with van der Waals surface area (Å²) in [6.07, 6.45) is 4.58. The molecule has 0 spiro atoms. The first-order valence-electron chi connectivity index (χ1n) is 9.14. The molecule has 1 atom stereocenters. The van der Waals surface area contributed by atoms with Crippen molar-refractivity contribution in [1.29, 1.82) is 0 Å². The summed E-state index contributed by atoms with van der Waals surface area (Å²) in [6, 6.07) is 11.4. The third-order valence-corrected chi connectivity index (χ3v) is 6.47. The molecule has 1 aliphatic rings. The average molecular weight is 387 g/mol. The standard InChI is InChI=1S/C21H26N2O3S/c1-14-8-9-19(13-20(14)23(3)27(4,25)26)21(24)22-15(2)17-11-10-16-6-5-7-18(16)12-17/h8-13,15H,5-7H2,1-4H3,(H,22,24)/t15-/m0/s1. The topological polar surface area (TPSA) is 66.5 Å². The first-order valence-corrected chi connectivity index (χ1v) is 11.0. The summed E-state index contributed by atoms with van der Waals surface area (Å²) < 4.78 is 24.9. The van der Waals surface area contributed by atoms with E-state index < -0.39 is 10.0 Å². The van der Waals surface area contributed by atoms with Crippen LogP contribution in [0.5, 0.6) is 0 Å². The van der Waals surface area contributed by atoms with Gasteiger partial charge in [-0.3, -0.25) is 9.10 Å². The molecular formula is C21H26N2O3S. The van der Waals surface area contributed by atoms with Crippen LogP contribution >= 0.6 is 0 Å². The van der Waals surface area contributed by atoms with Gasteiger partial charge in [-0.2, -0.15) is 0 Å². The van der Waals surface area contributed by atoms with Gasteiger partial charge >= 0.3 is 0 Å². The van der Waals surface area contributed by atoms with Gasteiger partial charge in [-0.15, -0.1) is 0 Å². The van der Waals surface area contributed by atoms with Crippen LogP contribution in [0.3, 0.4) is 0 Å². The maximum atomic E-state index is 12.7. The number of benzene rings is 2. The summed E-state index contributed by atoms with van der Waals surface area (Å²) in [5.74, 6) is -0.217. The van der Waals surface area contributed by atoms with E-state index in [9.17, 15) is 13.2 Å². The van der Waals surface area contributed by atoms with Crippen LogP contribution in [-0.2, 0) is 22.9 Å². The number of anilines is 1. The number of nitrogens with one attached hydrogen (secondary N) is 1. The Balaban J connectivity index is 1.80. The van der Waals surface area contributed by atoms with Crippen LogP contribution in [0.4, 0.5) is 5.69 Å². The largest absolute Gasteiger partial charge is 0.346 e. The second-order valence-electron chi connectivity index (χ2n) is 7.31. The van der Waals surface area contributed by atoms with Gasteiger partial charge in [0.05, 0.1) is 18.0 Å². The zero-order valence-electron chi connectivity index (χ0n) is 16.2. The van der Waals surface area contributed by atoms with Gasteiger partial charge in [-0.25, -0.2) is 8.42 Å². The molecule has 5 nitrogen and oxygen atoms in total. The molecular weight excluding hydrogens is 360 g/mol. The summed E-state index contributed by atoms with van der Waals surface area (Å²) >= 11 is 0. The highest BCUT2D eigenvalue weighted by Gasteiger charge is 2.19. The Morgan fingerprint density at radius 3 is 2.52 bits per heavy atom. The Labute approximate surface area is 161 Å². The quantitative estimate of drug-likeness (QED) is 0.857. The van der Waals surface area contributed by atoms with E-state index in [0.29, 0.717) is 11.3 Å². The Morgan fingerprint density at radius 1 is 1.11 bits per heavy atom. The van der Waals surface area contributed by atoms with Crippen molar-refractivity contribution in [1.82, 2.24) is 5.32 Å². The molecule has 2 aromatic carbocycles. The molecule has 0 aromatic heterocycles. The predicted molar refractivity (Wildman–Crippen MR) is 109 cm³/mol. The highest BCUT2D eigenvalue weighted by molar-refractivity contribution is 7.92. The van der Waals surface area contributed by atoms with Gasteiger partial charge in [0.1, 0.15) is 0 Å². The van der Waals surface area contributed by atoms with E-state index in [2.05, 4.69) is 23.5 Å². The third-order valence-electron chi connectivity index (χ3n) is 5.28. The zero-order chi connectivity index (χ0) is 19.8. The van der Waals surface area contributed by atoms with Gasteiger partial charge in [0.25, 0.3) is 5.91 Å². The number of hydrogen-bond donors (Lipinski definition) is 1. The minimum Gasteiger partial charge on any atom is -0.346 e. The number of sulfonamides is 1. The van der Waals surface area contributed by atoms with Crippen molar-refractivity contribution in [3.8, 4) is 0 Å². The van der Waals surface area contributed by atoms with Crippen LogP contribution in [0.2, 0.25) is 0 Å². The van der Waals surface area contributed by atoms with Crippen molar-refractivity contribution < 1.29 is 13.2 Å². The van der Waals surface area contributed by atoms with Gasteiger partial charge < -0.3 is 5.32 Å². The fourth-order valence-electron chi connectivity index (χ4n) is 3.49. The van der Waals surface area contributed by atoms with Crippen LogP contribution in [-0.4, -0.2) is 27.6 Å². The maximum Gasteiger partial charge on any atom is 0.251 e. The number of nitrogens with zero attached hydrogens (tertiary/aromatic N) is 1. The number of carbonyl (C=O) groups is 1. The molecule has 1 N–H and O–H groups in total. The highest BCUT2D eigenvalue weighted by Crippen LogP contribution is 2.26. The number of hydrogen-bond acceptors (Lipinski definition) is 3.